The number of morpholine rings is 1. The first kappa shape index (κ1) is 17.6. The van der Waals surface area contributed by atoms with Gasteiger partial charge in [-0.1, -0.05) is 58.4 Å². The van der Waals surface area contributed by atoms with Crippen LogP contribution in [0.15, 0.2) is 59.1 Å². The van der Waals surface area contributed by atoms with Crippen molar-refractivity contribution in [1.29, 1.82) is 0 Å². The molecule has 1 N–H and O–H groups in total. The van der Waals surface area contributed by atoms with Crippen LogP contribution in [0.4, 0.5) is 0 Å². The molecule has 0 amide bonds. The molecule has 2 aromatic carbocycles. The lowest BCUT2D eigenvalue weighted by Gasteiger charge is -2.38. The summed E-state index contributed by atoms with van der Waals surface area (Å²) >= 11 is 3.47. The Morgan fingerprint density at radius 1 is 1.08 bits per heavy atom. The Balaban J connectivity index is 1.91. The van der Waals surface area contributed by atoms with Crippen molar-refractivity contribution in [3.63, 3.8) is 0 Å². The smallest absolute Gasteiger partial charge is 0.0949 e. The van der Waals surface area contributed by atoms with E-state index in [0.717, 1.165) is 48.4 Å². The number of rotatable bonds is 5. The maximum atomic E-state index is 11.4. The SMILES string of the molecule is CC(O)(c1ccc(Br)cc1)C(CN1CCOCC1)c1ccccc1. The second-order valence-electron chi connectivity index (χ2n) is 6.53. The van der Waals surface area contributed by atoms with Gasteiger partial charge in [-0.25, -0.2) is 0 Å². The summed E-state index contributed by atoms with van der Waals surface area (Å²) in [4.78, 5) is 2.38. The lowest BCUT2D eigenvalue weighted by molar-refractivity contribution is -0.0107. The highest BCUT2D eigenvalue weighted by Crippen LogP contribution is 2.38. The van der Waals surface area contributed by atoms with E-state index < -0.39 is 5.60 Å². The fourth-order valence-corrected chi connectivity index (χ4v) is 3.59. The first-order valence-corrected chi connectivity index (χ1v) is 9.20. The topological polar surface area (TPSA) is 32.7 Å². The standard InChI is InChI=1S/C20H24BrNO2/c1-20(23,17-7-9-18(21)10-8-17)19(16-5-3-2-4-6-16)15-22-11-13-24-14-12-22/h2-10,19,23H,11-15H2,1H3. The van der Waals surface area contributed by atoms with E-state index in [1.54, 1.807) is 0 Å². The Morgan fingerprint density at radius 3 is 2.33 bits per heavy atom. The lowest BCUT2D eigenvalue weighted by atomic mass is 9.78. The number of ether oxygens (including phenoxy) is 1. The molecule has 24 heavy (non-hydrogen) atoms. The highest BCUT2D eigenvalue weighted by Gasteiger charge is 2.36. The molecule has 2 atom stereocenters. The lowest BCUT2D eigenvalue weighted by Crippen LogP contribution is -2.43. The van der Waals surface area contributed by atoms with Crippen LogP contribution < -0.4 is 0 Å². The van der Waals surface area contributed by atoms with Gasteiger partial charge >= 0.3 is 0 Å². The summed E-state index contributed by atoms with van der Waals surface area (Å²) in [6, 6.07) is 18.3. The molecule has 0 radical (unpaired) electrons. The summed E-state index contributed by atoms with van der Waals surface area (Å²) in [6.45, 7) is 6.11. The van der Waals surface area contributed by atoms with Gasteiger partial charge in [0.25, 0.3) is 0 Å². The highest BCUT2D eigenvalue weighted by molar-refractivity contribution is 9.10. The van der Waals surface area contributed by atoms with Crippen LogP contribution in [0.5, 0.6) is 0 Å². The number of nitrogens with zero attached hydrogens (tertiary/aromatic N) is 1. The van der Waals surface area contributed by atoms with E-state index in [1.165, 1.54) is 0 Å². The molecule has 0 aromatic heterocycles. The van der Waals surface area contributed by atoms with Crippen LogP contribution in [0.25, 0.3) is 0 Å². The number of hydrogen-bond donors (Lipinski definition) is 1. The zero-order valence-electron chi connectivity index (χ0n) is 14.0. The van der Waals surface area contributed by atoms with Crippen molar-refractivity contribution in [3.8, 4) is 0 Å². The second-order valence-corrected chi connectivity index (χ2v) is 7.45. The van der Waals surface area contributed by atoms with Crippen molar-refractivity contribution in [2.75, 3.05) is 32.8 Å². The molecule has 1 aliphatic rings. The third-order valence-corrected chi connectivity index (χ3v) is 5.38. The minimum Gasteiger partial charge on any atom is -0.385 e. The van der Waals surface area contributed by atoms with E-state index >= 15 is 0 Å². The van der Waals surface area contributed by atoms with Gasteiger partial charge in [0, 0.05) is 30.0 Å². The van der Waals surface area contributed by atoms with Crippen LogP contribution in [0.3, 0.4) is 0 Å². The van der Waals surface area contributed by atoms with Gasteiger partial charge in [0.15, 0.2) is 0 Å². The van der Waals surface area contributed by atoms with E-state index in [1.807, 2.05) is 49.4 Å². The first-order valence-electron chi connectivity index (χ1n) is 8.41. The van der Waals surface area contributed by atoms with Crippen molar-refractivity contribution >= 4 is 15.9 Å². The molecule has 4 heteroatoms. The van der Waals surface area contributed by atoms with Crippen molar-refractivity contribution in [3.05, 3.63) is 70.2 Å². The van der Waals surface area contributed by atoms with Crippen LogP contribution in [0.1, 0.15) is 24.0 Å². The van der Waals surface area contributed by atoms with Gasteiger partial charge in [0.05, 0.1) is 18.8 Å². The molecule has 0 saturated carbocycles. The summed E-state index contributed by atoms with van der Waals surface area (Å²) in [5.74, 6) is -0.00187. The number of halogens is 1. The Hall–Kier alpha value is -1.20. The summed E-state index contributed by atoms with van der Waals surface area (Å²) < 4.78 is 6.48. The van der Waals surface area contributed by atoms with E-state index in [2.05, 4.69) is 33.0 Å². The predicted octanol–water partition coefficient (Wildman–Crippen LogP) is 3.77. The maximum Gasteiger partial charge on any atom is 0.0949 e. The third kappa shape index (κ3) is 4.06. The van der Waals surface area contributed by atoms with Crippen molar-refractivity contribution < 1.29 is 9.84 Å². The Bertz CT molecular complexity index is 636. The first-order chi connectivity index (χ1) is 11.6. The molecule has 0 aliphatic carbocycles. The molecule has 0 bridgehead atoms. The van der Waals surface area contributed by atoms with Gasteiger partial charge in [-0.05, 0) is 30.2 Å². The van der Waals surface area contributed by atoms with E-state index in [4.69, 9.17) is 4.74 Å². The Labute approximate surface area is 152 Å². The average molecular weight is 390 g/mol. The van der Waals surface area contributed by atoms with Crippen LogP contribution in [-0.4, -0.2) is 42.9 Å². The quantitative estimate of drug-likeness (QED) is 0.844. The summed E-state index contributed by atoms with van der Waals surface area (Å²) in [7, 11) is 0. The molecule has 1 heterocycles. The molecule has 1 saturated heterocycles. The second kappa shape index (κ2) is 7.79. The molecule has 3 nitrogen and oxygen atoms in total. The van der Waals surface area contributed by atoms with E-state index in [9.17, 15) is 5.11 Å². The monoisotopic (exact) mass is 389 g/mol. The number of hydrogen-bond acceptors (Lipinski definition) is 3. The summed E-state index contributed by atoms with van der Waals surface area (Å²) in [6.07, 6.45) is 0. The van der Waals surface area contributed by atoms with Crippen LogP contribution >= 0.6 is 15.9 Å². The normalized spacial score (nSPS) is 19.6. The average Bonchev–Trinajstić information content (AvgIpc) is 2.61. The zero-order chi connectivity index (χ0) is 17.0. The largest absolute Gasteiger partial charge is 0.385 e. The number of benzene rings is 2. The number of aliphatic hydroxyl groups is 1. The minimum atomic E-state index is -0.944. The van der Waals surface area contributed by atoms with Gasteiger partial charge in [-0.2, -0.15) is 0 Å². The van der Waals surface area contributed by atoms with Gasteiger partial charge in [0.1, 0.15) is 0 Å². The third-order valence-electron chi connectivity index (χ3n) is 4.85. The van der Waals surface area contributed by atoms with Crippen molar-refractivity contribution in [2.45, 2.75) is 18.4 Å². The highest BCUT2D eigenvalue weighted by atomic mass is 79.9. The molecule has 2 unspecified atom stereocenters. The van der Waals surface area contributed by atoms with Crippen LogP contribution in [-0.2, 0) is 10.3 Å². The van der Waals surface area contributed by atoms with E-state index in [0.29, 0.717) is 0 Å². The van der Waals surface area contributed by atoms with Crippen LogP contribution in [0, 0.1) is 0 Å². The summed E-state index contributed by atoms with van der Waals surface area (Å²) in [5, 5.41) is 11.4. The maximum absolute atomic E-state index is 11.4. The molecular formula is C20H24BrNO2. The van der Waals surface area contributed by atoms with Gasteiger partial charge < -0.3 is 9.84 Å². The molecule has 2 aromatic rings. The fourth-order valence-electron chi connectivity index (χ4n) is 3.32. The van der Waals surface area contributed by atoms with Crippen molar-refractivity contribution in [2.24, 2.45) is 0 Å². The molecule has 1 aliphatic heterocycles. The van der Waals surface area contributed by atoms with Gasteiger partial charge in [0.2, 0.25) is 0 Å². The zero-order valence-corrected chi connectivity index (χ0v) is 15.6. The summed E-state index contributed by atoms with van der Waals surface area (Å²) in [5.41, 5.74) is 1.16. The Kier molecular flexibility index (Phi) is 5.72. The minimum absolute atomic E-state index is 0.00187. The molecule has 3 rings (SSSR count). The fraction of sp³-hybridized carbons (Fsp3) is 0.400. The molecule has 0 spiro atoms. The van der Waals surface area contributed by atoms with Gasteiger partial charge in [-0.3, -0.25) is 4.90 Å². The molecular weight excluding hydrogens is 366 g/mol. The van der Waals surface area contributed by atoms with Crippen LogP contribution in [0.2, 0.25) is 0 Å². The predicted molar refractivity (Wildman–Crippen MR) is 100 cm³/mol. The Morgan fingerprint density at radius 2 is 1.71 bits per heavy atom. The van der Waals surface area contributed by atoms with Gasteiger partial charge in [-0.15, -0.1) is 0 Å². The molecule has 1 fully saturated rings. The van der Waals surface area contributed by atoms with Crippen molar-refractivity contribution in [1.82, 2.24) is 4.90 Å². The molecule has 128 valence electrons. The van der Waals surface area contributed by atoms with E-state index in [-0.39, 0.29) is 5.92 Å².